The van der Waals surface area contributed by atoms with Crippen LogP contribution < -0.4 is 14.3 Å². The lowest BCUT2D eigenvalue weighted by Gasteiger charge is -2.13. The summed E-state index contributed by atoms with van der Waals surface area (Å²) in [5.74, 6) is 0.934. The second-order valence-corrected chi connectivity index (χ2v) is 8.54. The maximum atomic E-state index is 12.2. The lowest BCUT2D eigenvalue weighted by Crippen LogP contribution is -2.18. The number of ether oxygens (including phenoxy) is 2. The Morgan fingerprint density at radius 3 is 2.33 bits per heavy atom. The minimum Gasteiger partial charge on any atom is -0.493 e. The van der Waals surface area contributed by atoms with E-state index in [0.717, 1.165) is 0 Å². The first-order valence-corrected chi connectivity index (χ1v) is 11.0. The quantitative estimate of drug-likeness (QED) is 0.380. The van der Waals surface area contributed by atoms with Gasteiger partial charge in [-0.1, -0.05) is 47.5 Å². The van der Waals surface area contributed by atoms with Gasteiger partial charge in [0, 0.05) is 15.6 Å². The molecule has 0 aliphatic heterocycles. The van der Waals surface area contributed by atoms with E-state index < -0.39 is 10.0 Å². The van der Waals surface area contributed by atoms with E-state index in [2.05, 4.69) is 9.93 Å². The van der Waals surface area contributed by atoms with Crippen molar-refractivity contribution >= 4 is 39.4 Å². The molecule has 0 heterocycles. The number of hydrazone groups is 1. The first-order chi connectivity index (χ1) is 14.4. The fourth-order valence-corrected chi connectivity index (χ4v) is 3.85. The minimum atomic E-state index is -3.73. The van der Waals surface area contributed by atoms with Crippen molar-refractivity contribution in [3.63, 3.8) is 0 Å². The van der Waals surface area contributed by atoms with Crippen LogP contribution in [0, 0.1) is 0 Å². The van der Waals surface area contributed by atoms with Crippen molar-refractivity contribution < 1.29 is 17.9 Å². The van der Waals surface area contributed by atoms with Gasteiger partial charge in [0.15, 0.2) is 11.5 Å². The highest BCUT2D eigenvalue weighted by atomic mass is 35.5. The van der Waals surface area contributed by atoms with E-state index in [-0.39, 0.29) is 11.5 Å². The van der Waals surface area contributed by atoms with E-state index in [1.807, 2.05) is 0 Å². The normalized spacial score (nSPS) is 11.4. The molecule has 0 unspecified atom stereocenters. The summed E-state index contributed by atoms with van der Waals surface area (Å²) in [4.78, 5) is 2.30. The molecule has 0 spiro atoms. The summed E-state index contributed by atoms with van der Waals surface area (Å²) in [5, 5.41) is 4.84. The van der Waals surface area contributed by atoms with Crippen molar-refractivity contribution in [2.45, 2.75) is 11.5 Å². The molecule has 0 aromatic heterocycles. The van der Waals surface area contributed by atoms with Crippen LogP contribution in [0.5, 0.6) is 11.5 Å². The Hall–Kier alpha value is -2.74. The van der Waals surface area contributed by atoms with Gasteiger partial charge < -0.3 is 9.47 Å². The molecule has 0 aliphatic carbocycles. The zero-order valence-electron chi connectivity index (χ0n) is 15.9. The first kappa shape index (κ1) is 22.0. The predicted molar refractivity (Wildman–Crippen MR) is 118 cm³/mol. The molecular formula is C21H18Cl2N2O4S. The van der Waals surface area contributed by atoms with Crippen molar-refractivity contribution in [2.24, 2.45) is 5.10 Å². The third-order valence-corrected chi connectivity index (χ3v) is 6.01. The van der Waals surface area contributed by atoms with Gasteiger partial charge in [-0.15, -0.1) is 0 Å². The Morgan fingerprint density at radius 2 is 1.67 bits per heavy atom. The van der Waals surface area contributed by atoms with Gasteiger partial charge in [-0.3, -0.25) is 0 Å². The zero-order valence-corrected chi connectivity index (χ0v) is 18.2. The van der Waals surface area contributed by atoms with E-state index in [0.29, 0.717) is 32.7 Å². The molecule has 0 amide bonds. The molecule has 9 heteroatoms. The smallest absolute Gasteiger partial charge is 0.276 e. The van der Waals surface area contributed by atoms with Crippen LogP contribution in [0.15, 0.2) is 76.7 Å². The number of hydrogen-bond donors (Lipinski definition) is 1. The van der Waals surface area contributed by atoms with Gasteiger partial charge in [-0.2, -0.15) is 13.5 Å². The Labute approximate surface area is 185 Å². The number of hydrogen-bond acceptors (Lipinski definition) is 5. The highest BCUT2D eigenvalue weighted by molar-refractivity contribution is 7.89. The molecule has 0 saturated carbocycles. The first-order valence-electron chi connectivity index (χ1n) is 8.74. The third kappa shape index (κ3) is 5.44. The van der Waals surface area contributed by atoms with Crippen LogP contribution in [0.3, 0.4) is 0 Å². The van der Waals surface area contributed by atoms with Crippen LogP contribution in [-0.2, 0) is 16.6 Å². The molecule has 1 N–H and O–H groups in total. The number of halogens is 2. The van der Waals surface area contributed by atoms with Crippen LogP contribution >= 0.6 is 23.2 Å². The summed E-state index contributed by atoms with van der Waals surface area (Å²) in [6.07, 6.45) is 1.37. The molecule has 0 saturated heterocycles. The average molecular weight is 465 g/mol. The lowest BCUT2D eigenvalue weighted by atomic mass is 10.2. The molecular weight excluding hydrogens is 447 g/mol. The molecule has 3 aromatic carbocycles. The van der Waals surface area contributed by atoms with Gasteiger partial charge >= 0.3 is 0 Å². The number of methoxy groups -OCH3 is 1. The molecule has 156 valence electrons. The Bertz CT molecular complexity index is 1130. The highest BCUT2D eigenvalue weighted by Crippen LogP contribution is 2.31. The molecule has 0 fully saturated rings. The number of nitrogens with zero attached hydrogens (tertiary/aromatic N) is 1. The van der Waals surface area contributed by atoms with E-state index in [9.17, 15) is 8.42 Å². The van der Waals surface area contributed by atoms with Crippen LogP contribution in [0.1, 0.15) is 11.1 Å². The molecule has 0 bridgehead atoms. The van der Waals surface area contributed by atoms with Gasteiger partial charge in [0.2, 0.25) is 0 Å². The Morgan fingerprint density at radius 1 is 0.967 bits per heavy atom. The fraction of sp³-hybridized carbons (Fsp3) is 0.0952. The van der Waals surface area contributed by atoms with E-state index in [4.69, 9.17) is 32.7 Å². The average Bonchev–Trinajstić information content (AvgIpc) is 2.74. The summed E-state index contributed by atoms with van der Waals surface area (Å²) in [6, 6.07) is 18.3. The van der Waals surface area contributed by atoms with Gasteiger partial charge in [0.05, 0.1) is 18.2 Å². The van der Waals surface area contributed by atoms with Crippen molar-refractivity contribution in [1.29, 1.82) is 0 Å². The van der Waals surface area contributed by atoms with Gasteiger partial charge in [0.25, 0.3) is 10.0 Å². The molecule has 3 aromatic rings. The van der Waals surface area contributed by atoms with Gasteiger partial charge in [0.1, 0.15) is 6.61 Å². The number of nitrogens with one attached hydrogen (secondary N) is 1. The largest absolute Gasteiger partial charge is 0.493 e. The molecule has 3 rings (SSSR count). The van der Waals surface area contributed by atoms with E-state index >= 15 is 0 Å². The van der Waals surface area contributed by atoms with Crippen LogP contribution in [0.2, 0.25) is 10.0 Å². The van der Waals surface area contributed by atoms with E-state index in [1.165, 1.54) is 25.5 Å². The van der Waals surface area contributed by atoms with Gasteiger partial charge in [-0.25, -0.2) is 4.83 Å². The van der Waals surface area contributed by atoms with E-state index in [1.54, 1.807) is 54.6 Å². The monoisotopic (exact) mass is 464 g/mol. The highest BCUT2D eigenvalue weighted by Gasteiger charge is 2.12. The summed E-state index contributed by atoms with van der Waals surface area (Å²) < 4.78 is 35.5. The number of sulfonamides is 1. The fourth-order valence-electron chi connectivity index (χ4n) is 2.53. The van der Waals surface area contributed by atoms with Crippen molar-refractivity contribution in [3.05, 3.63) is 87.9 Å². The molecule has 0 aliphatic rings. The number of benzene rings is 3. The molecule has 6 nitrogen and oxygen atoms in total. The Balaban J connectivity index is 1.70. The topological polar surface area (TPSA) is 77.0 Å². The van der Waals surface area contributed by atoms with Crippen molar-refractivity contribution in [1.82, 2.24) is 4.83 Å². The van der Waals surface area contributed by atoms with Crippen molar-refractivity contribution in [3.8, 4) is 11.5 Å². The predicted octanol–water partition coefficient (Wildman–Crippen LogP) is 4.89. The third-order valence-electron chi connectivity index (χ3n) is 4.06. The second kappa shape index (κ2) is 9.84. The second-order valence-electron chi connectivity index (χ2n) is 6.07. The Kier molecular flexibility index (Phi) is 7.20. The zero-order chi connectivity index (χ0) is 21.6. The maximum Gasteiger partial charge on any atom is 0.276 e. The van der Waals surface area contributed by atoms with Gasteiger partial charge in [-0.05, 0) is 48.0 Å². The minimum absolute atomic E-state index is 0.127. The molecule has 0 radical (unpaired) electrons. The van der Waals surface area contributed by atoms with Crippen LogP contribution in [-0.4, -0.2) is 21.7 Å². The van der Waals surface area contributed by atoms with Crippen molar-refractivity contribution in [2.75, 3.05) is 7.11 Å². The molecule has 30 heavy (non-hydrogen) atoms. The lowest BCUT2D eigenvalue weighted by molar-refractivity contribution is 0.284. The maximum absolute atomic E-state index is 12.2. The summed E-state index contributed by atoms with van der Waals surface area (Å²) in [5.41, 5.74) is 1.29. The molecule has 0 atom stereocenters. The van der Waals surface area contributed by atoms with Crippen LogP contribution in [0.25, 0.3) is 0 Å². The summed E-state index contributed by atoms with van der Waals surface area (Å²) in [6.45, 7) is 0.166. The number of rotatable bonds is 8. The summed E-state index contributed by atoms with van der Waals surface area (Å²) in [7, 11) is -2.23. The standard InChI is InChI=1S/C21H18Cl2N2O4S/c1-28-21-12-15(13-24-25-30(26,27)16-6-3-2-4-7-16)10-11-20(21)29-14-17-18(22)8-5-9-19(17)23/h2-13,25H,14H2,1H3. The SMILES string of the molecule is COc1cc(C=NNS(=O)(=O)c2ccccc2)ccc1OCc1c(Cl)cccc1Cl. The van der Waals surface area contributed by atoms with Crippen LogP contribution in [0.4, 0.5) is 0 Å². The summed E-state index contributed by atoms with van der Waals surface area (Å²) >= 11 is 12.3.